The van der Waals surface area contributed by atoms with Crippen LogP contribution in [0.5, 0.6) is 11.5 Å². The number of aromatic nitrogens is 2. The number of hydrogen-bond acceptors (Lipinski definition) is 4. The van der Waals surface area contributed by atoms with Crippen molar-refractivity contribution in [2.24, 2.45) is 0 Å². The Morgan fingerprint density at radius 3 is 2.37 bits per heavy atom. The number of ether oxygens (including phenoxy) is 1. The van der Waals surface area contributed by atoms with Crippen LogP contribution in [0.4, 0.5) is 26.3 Å². The van der Waals surface area contributed by atoms with Gasteiger partial charge in [0.05, 0.1) is 10.6 Å². The SMILES string of the molecule is FC(F)(F)c1nc(-c2cc[c]c(Oc3ccc(Cl)c(C(F)(F)F)c3)c2)no1. The summed E-state index contributed by atoms with van der Waals surface area (Å²) in [5, 5.41) is 2.72. The van der Waals surface area contributed by atoms with Gasteiger partial charge >= 0.3 is 18.2 Å². The minimum atomic E-state index is -4.80. The van der Waals surface area contributed by atoms with Gasteiger partial charge in [-0.25, -0.2) is 0 Å². The molecule has 0 saturated carbocycles. The summed E-state index contributed by atoms with van der Waals surface area (Å²) in [7, 11) is 0. The highest BCUT2D eigenvalue weighted by atomic mass is 35.5. The van der Waals surface area contributed by atoms with Crippen LogP contribution in [0.2, 0.25) is 5.02 Å². The molecular formula is C16H6ClF6N2O2. The summed E-state index contributed by atoms with van der Waals surface area (Å²) in [6, 6.07) is 9.32. The first-order valence-corrected chi connectivity index (χ1v) is 7.39. The second-order valence-corrected chi connectivity index (χ2v) is 5.51. The molecule has 1 heterocycles. The molecule has 1 radical (unpaired) electrons. The fourth-order valence-electron chi connectivity index (χ4n) is 2.01. The third kappa shape index (κ3) is 4.33. The van der Waals surface area contributed by atoms with Gasteiger partial charge in [0.2, 0.25) is 5.82 Å². The first-order valence-electron chi connectivity index (χ1n) is 7.01. The Labute approximate surface area is 152 Å². The van der Waals surface area contributed by atoms with Crippen molar-refractivity contribution in [3.8, 4) is 22.9 Å². The van der Waals surface area contributed by atoms with Gasteiger partial charge in [-0.2, -0.15) is 31.3 Å². The van der Waals surface area contributed by atoms with E-state index in [1.165, 1.54) is 24.3 Å². The Bertz CT molecular complexity index is 968. The normalized spacial score (nSPS) is 12.3. The molecule has 0 aliphatic carbocycles. The van der Waals surface area contributed by atoms with Crippen LogP contribution in [0.15, 0.2) is 40.9 Å². The van der Waals surface area contributed by atoms with Gasteiger partial charge in [0.25, 0.3) is 0 Å². The minimum Gasteiger partial charge on any atom is -0.457 e. The van der Waals surface area contributed by atoms with Gasteiger partial charge in [0.15, 0.2) is 0 Å². The Hall–Kier alpha value is -2.75. The average Bonchev–Trinajstić information content (AvgIpc) is 3.06. The van der Waals surface area contributed by atoms with Crippen LogP contribution in [0.25, 0.3) is 11.4 Å². The predicted molar refractivity (Wildman–Crippen MR) is 80.1 cm³/mol. The molecule has 141 valence electrons. The van der Waals surface area contributed by atoms with Crippen LogP contribution in [-0.4, -0.2) is 10.1 Å². The maximum Gasteiger partial charge on any atom is 0.471 e. The quantitative estimate of drug-likeness (QED) is 0.498. The molecule has 2 aromatic carbocycles. The van der Waals surface area contributed by atoms with Crippen LogP contribution in [0.3, 0.4) is 0 Å². The maximum atomic E-state index is 12.9. The highest BCUT2D eigenvalue weighted by Crippen LogP contribution is 2.38. The Morgan fingerprint density at radius 1 is 1.00 bits per heavy atom. The third-order valence-electron chi connectivity index (χ3n) is 3.17. The summed E-state index contributed by atoms with van der Waals surface area (Å²) in [4.78, 5) is 3.22. The summed E-state index contributed by atoms with van der Waals surface area (Å²) in [6.07, 6.45) is -9.48. The van der Waals surface area contributed by atoms with Gasteiger partial charge in [-0.15, -0.1) is 0 Å². The van der Waals surface area contributed by atoms with E-state index < -0.39 is 28.8 Å². The van der Waals surface area contributed by atoms with Crippen molar-refractivity contribution in [3.05, 3.63) is 58.9 Å². The molecule has 0 fully saturated rings. The molecule has 0 saturated heterocycles. The lowest BCUT2D eigenvalue weighted by Gasteiger charge is -2.12. The molecule has 3 rings (SSSR count). The Morgan fingerprint density at radius 2 is 1.74 bits per heavy atom. The first kappa shape index (κ1) is 19.0. The molecule has 27 heavy (non-hydrogen) atoms. The zero-order valence-corrected chi connectivity index (χ0v) is 13.6. The average molecular weight is 408 g/mol. The fraction of sp³-hybridized carbons (Fsp3) is 0.125. The lowest BCUT2D eigenvalue weighted by molar-refractivity contribution is -0.159. The van der Waals surface area contributed by atoms with E-state index in [0.717, 1.165) is 6.07 Å². The van der Waals surface area contributed by atoms with E-state index in [9.17, 15) is 26.3 Å². The lowest BCUT2D eigenvalue weighted by Crippen LogP contribution is -2.05. The van der Waals surface area contributed by atoms with Crippen LogP contribution >= 0.6 is 11.6 Å². The van der Waals surface area contributed by atoms with Gasteiger partial charge < -0.3 is 9.26 Å². The van der Waals surface area contributed by atoms with Gasteiger partial charge in [0, 0.05) is 11.6 Å². The Kier molecular flexibility index (Phi) is 4.77. The van der Waals surface area contributed by atoms with Crippen LogP contribution in [0, 0.1) is 6.07 Å². The minimum absolute atomic E-state index is 0.0682. The van der Waals surface area contributed by atoms with E-state index in [2.05, 4.69) is 20.7 Å². The monoisotopic (exact) mass is 407 g/mol. The van der Waals surface area contributed by atoms with E-state index >= 15 is 0 Å². The van der Waals surface area contributed by atoms with Crippen LogP contribution in [-0.2, 0) is 12.4 Å². The molecule has 0 unspecified atom stereocenters. The predicted octanol–water partition coefficient (Wildman–Crippen LogP) is 6.02. The van der Waals surface area contributed by atoms with Gasteiger partial charge in [-0.3, -0.25) is 0 Å². The van der Waals surface area contributed by atoms with Crippen molar-refractivity contribution in [1.29, 1.82) is 0 Å². The number of rotatable bonds is 3. The first-order chi connectivity index (χ1) is 12.5. The number of alkyl halides is 6. The summed E-state index contributed by atoms with van der Waals surface area (Å²) in [6.45, 7) is 0. The van der Waals surface area contributed by atoms with Crippen LogP contribution < -0.4 is 4.74 Å². The third-order valence-corrected chi connectivity index (χ3v) is 3.50. The van der Waals surface area contributed by atoms with Gasteiger partial charge in [0.1, 0.15) is 11.5 Å². The number of hydrogen-bond donors (Lipinski definition) is 0. The molecule has 3 aromatic rings. The molecule has 4 nitrogen and oxygen atoms in total. The van der Waals surface area contributed by atoms with Crippen molar-refractivity contribution in [1.82, 2.24) is 10.1 Å². The topological polar surface area (TPSA) is 48.2 Å². The summed E-state index contributed by atoms with van der Waals surface area (Å²) >= 11 is 5.53. The Balaban J connectivity index is 1.88. The van der Waals surface area contributed by atoms with E-state index in [0.29, 0.717) is 6.07 Å². The zero-order valence-electron chi connectivity index (χ0n) is 12.8. The van der Waals surface area contributed by atoms with Crippen molar-refractivity contribution < 1.29 is 35.6 Å². The van der Waals surface area contributed by atoms with E-state index in [1.807, 2.05) is 0 Å². The molecule has 0 amide bonds. The molecule has 0 aliphatic heterocycles. The summed E-state index contributed by atoms with van der Waals surface area (Å²) < 4.78 is 85.6. The molecule has 0 spiro atoms. The van der Waals surface area contributed by atoms with Crippen molar-refractivity contribution in [2.75, 3.05) is 0 Å². The molecule has 11 heteroatoms. The van der Waals surface area contributed by atoms with Crippen molar-refractivity contribution in [2.45, 2.75) is 12.4 Å². The molecule has 0 bridgehead atoms. The van der Waals surface area contributed by atoms with Gasteiger partial charge in [-0.05, 0) is 30.3 Å². The largest absolute Gasteiger partial charge is 0.471 e. The summed E-state index contributed by atoms with van der Waals surface area (Å²) in [5.41, 5.74) is -1.00. The van der Waals surface area contributed by atoms with Gasteiger partial charge in [-0.1, -0.05) is 22.8 Å². The molecule has 1 aromatic heterocycles. The van der Waals surface area contributed by atoms with E-state index in [-0.39, 0.29) is 22.9 Å². The number of benzene rings is 2. The summed E-state index contributed by atoms with van der Waals surface area (Å²) in [5.74, 6) is -2.15. The van der Waals surface area contributed by atoms with Crippen LogP contribution in [0.1, 0.15) is 11.5 Å². The van der Waals surface area contributed by atoms with Crippen molar-refractivity contribution >= 4 is 11.6 Å². The van der Waals surface area contributed by atoms with Crippen molar-refractivity contribution in [3.63, 3.8) is 0 Å². The zero-order chi connectivity index (χ0) is 19.8. The molecule has 0 atom stereocenters. The lowest BCUT2D eigenvalue weighted by atomic mass is 10.2. The fourth-order valence-corrected chi connectivity index (χ4v) is 2.24. The molecule has 0 N–H and O–H groups in total. The molecule has 0 aliphatic rings. The number of halogens is 7. The maximum absolute atomic E-state index is 12.9. The highest BCUT2D eigenvalue weighted by molar-refractivity contribution is 6.31. The standard InChI is InChI=1S/C16H6ClF6N2O2/c17-12-5-4-10(7-11(12)15(18,19)20)26-9-3-1-2-8(6-9)13-24-14(27-25-13)16(21,22)23/h1-2,4-7H. The highest BCUT2D eigenvalue weighted by Gasteiger charge is 2.38. The number of nitrogens with zero attached hydrogens (tertiary/aromatic N) is 2. The smallest absolute Gasteiger partial charge is 0.457 e. The second-order valence-electron chi connectivity index (χ2n) is 5.10. The second kappa shape index (κ2) is 6.76. The van der Waals surface area contributed by atoms with E-state index in [1.54, 1.807) is 0 Å². The molecular weight excluding hydrogens is 402 g/mol. The van der Waals surface area contributed by atoms with E-state index in [4.69, 9.17) is 16.3 Å².